The normalized spacial score (nSPS) is 17.6. The molecule has 184 valence electrons. The van der Waals surface area contributed by atoms with E-state index in [0.717, 1.165) is 11.3 Å². The van der Waals surface area contributed by atoms with E-state index in [0.29, 0.717) is 32.5 Å². The first-order valence-corrected chi connectivity index (χ1v) is 12.7. The molecule has 2 amide bonds. The number of nitrogens with one attached hydrogen (secondary N) is 1. The van der Waals surface area contributed by atoms with Crippen LogP contribution < -0.4 is 5.32 Å². The Labute approximate surface area is 209 Å². The lowest BCUT2D eigenvalue weighted by molar-refractivity contribution is -0.143. The zero-order valence-electron chi connectivity index (χ0n) is 20.4. The number of carbonyl (C=O) groups is 3. The van der Waals surface area contributed by atoms with Crippen molar-refractivity contribution in [1.82, 2.24) is 15.1 Å². The molecule has 8 heteroatoms. The van der Waals surface area contributed by atoms with E-state index in [9.17, 15) is 14.4 Å². The molecule has 2 aromatic rings. The lowest BCUT2D eigenvalue weighted by Crippen LogP contribution is -2.39. The molecule has 0 saturated heterocycles. The highest BCUT2D eigenvalue weighted by atomic mass is 32.1. The predicted octanol–water partition coefficient (Wildman–Crippen LogP) is 4.24. The Morgan fingerprint density at radius 1 is 1.31 bits per heavy atom. The first-order chi connectivity index (χ1) is 16.9. The van der Waals surface area contributed by atoms with Gasteiger partial charge in [-0.2, -0.15) is 0 Å². The molecule has 0 bridgehead atoms. The Morgan fingerprint density at radius 2 is 2.11 bits per heavy atom. The van der Waals surface area contributed by atoms with Crippen LogP contribution in [0.2, 0.25) is 0 Å². The maximum absolute atomic E-state index is 12.8. The average molecular weight is 494 g/mol. The molecule has 0 radical (unpaired) electrons. The summed E-state index contributed by atoms with van der Waals surface area (Å²) in [5.41, 5.74) is 3.13. The molecule has 3 heterocycles. The molecule has 1 N–H and O–H groups in total. The van der Waals surface area contributed by atoms with Gasteiger partial charge >= 0.3 is 5.97 Å². The number of amides is 2. The van der Waals surface area contributed by atoms with Crippen LogP contribution >= 0.6 is 11.3 Å². The molecule has 0 aliphatic carbocycles. The number of fused-ring (bicyclic) bond motifs is 1. The van der Waals surface area contributed by atoms with E-state index >= 15 is 0 Å². The van der Waals surface area contributed by atoms with Crippen molar-refractivity contribution in [3.63, 3.8) is 0 Å². The largest absolute Gasteiger partial charge is 0.466 e. The maximum Gasteiger partial charge on any atom is 0.305 e. The topological polar surface area (TPSA) is 79.0 Å². The Morgan fingerprint density at radius 3 is 2.89 bits per heavy atom. The number of hydrogen-bond acceptors (Lipinski definition) is 6. The quantitative estimate of drug-likeness (QED) is 0.440. The van der Waals surface area contributed by atoms with Crippen LogP contribution in [0.3, 0.4) is 0 Å². The zero-order chi connectivity index (χ0) is 24.9. The third-order valence-electron chi connectivity index (χ3n) is 6.42. The summed E-state index contributed by atoms with van der Waals surface area (Å²) < 4.78 is 6.21. The van der Waals surface area contributed by atoms with E-state index in [2.05, 4.69) is 24.4 Å². The van der Waals surface area contributed by atoms with Gasteiger partial charge in [0.2, 0.25) is 11.8 Å². The Balaban J connectivity index is 1.33. The second-order valence-corrected chi connectivity index (χ2v) is 10.0. The summed E-state index contributed by atoms with van der Waals surface area (Å²) in [5.74, 6) is -0.663. The van der Waals surface area contributed by atoms with E-state index in [1.165, 1.54) is 20.5 Å². The predicted molar refractivity (Wildman–Crippen MR) is 137 cm³/mol. The van der Waals surface area contributed by atoms with Gasteiger partial charge in [0.1, 0.15) is 0 Å². The number of benzene rings is 1. The van der Waals surface area contributed by atoms with Crippen LogP contribution in [-0.4, -0.2) is 47.8 Å². The summed E-state index contributed by atoms with van der Waals surface area (Å²) in [5, 5.41) is 4.19. The summed E-state index contributed by atoms with van der Waals surface area (Å²) in [7, 11) is 1.81. The number of ether oxygens (including phenoxy) is 1. The number of aryl methyl sites for hydroxylation is 1. The van der Waals surface area contributed by atoms with Crippen molar-refractivity contribution in [1.29, 1.82) is 0 Å². The van der Waals surface area contributed by atoms with Gasteiger partial charge in [-0.05, 0) is 55.4 Å². The molecular weight excluding hydrogens is 462 g/mol. The van der Waals surface area contributed by atoms with Crippen LogP contribution in [0.15, 0.2) is 60.1 Å². The van der Waals surface area contributed by atoms with Gasteiger partial charge in [0.05, 0.1) is 13.2 Å². The van der Waals surface area contributed by atoms with Gasteiger partial charge in [-0.1, -0.05) is 18.2 Å². The summed E-state index contributed by atoms with van der Waals surface area (Å²) in [6, 6.07) is 8.30. The number of hydrogen-bond donors (Lipinski definition) is 1. The minimum Gasteiger partial charge on any atom is -0.466 e. The van der Waals surface area contributed by atoms with Crippen LogP contribution in [0.25, 0.3) is 10.1 Å². The molecule has 0 spiro atoms. The van der Waals surface area contributed by atoms with Gasteiger partial charge in [0.25, 0.3) is 0 Å². The van der Waals surface area contributed by atoms with Crippen molar-refractivity contribution in [3.05, 3.63) is 70.5 Å². The first-order valence-electron chi connectivity index (χ1n) is 11.9. The van der Waals surface area contributed by atoms with Gasteiger partial charge in [-0.3, -0.25) is 14.4 Å². The van der Waals surface area contributed by atoms with Gasteiger partial charge in [0.15, 0.2) is 0 Å². The van der Waals surface area contributed by atoms with E-state index in [4.69, 9.17) is 4.74 Å². The molecule has 1 unspecified atom stereocenters. The smallest absolute Gasteiger partial charge is 0.305 e. The van der Waals surface area contributed by atoms with E-state index in [1.54, 1.807) is 35.4 Å². The monoisotopic (exact) mass is 493 g/mol. The minimum absolute atomic E-state index is 0.0602. The number of thiophene rings is 1. The Bertz CT molecular complexity index is 1230. The third kappa shape index (κ3) is 5.82. The van der Waals surface area contributed by atoms with Crippen LogP contribution in [0.5, 0.6) is 0 Å². The van der Waals surface area contributed by atoms with Gasteiger partial charge in [-0.15, -0.1) is 11.3 Å². The Hall–Kier alpha value is -3.39. The number of esters is 1. The summed E-state index contributed by atoms with van der Waals surface area (Å²) in [6.07, 6.45) is 8.36. The number of carbonyl (C=O) groups excluding carboxylic acids is 3. The average Bonchev–Trinajstić information content (AvgIpc) is 3.16. The molecule has 1 aromatic heterocycles. The fraction of sp³-hybridized carbons (Fsp3) is 0.370. The SMILES string of the molecule is CCOC(=O)CCC1CC2=C(C=CN(/C=C/C(=O)N(C)Cc3sc4ccccc4c3C)C2)NC1=O. The lowest BCUT2D eigenvalue weighted by Gasteiger charge is -2.31. The highest BCUT2D eigenvalue weighted by molar-refractivity contribution is 7.19. The number of allylic oxidation sites excluding steroid dienone is 1. The molecule has 1 aromatic carbocycles. The Kier molecular flexibility index (Phi) is 7.70. The molecule has 35 heavy (non-hydrogen) atoms. The third-order valence-corrected chi connectivity index (χ3v) is 7.68. The van der Waals surface area contributed by atoms with Crippen LogP contribution in [0.4, 0.5) is 0 Å². The van der Waals surface area contributed by atoms with Crippen molar-refractivity contribution >= 4 is 39.2 Å². The fourth-order valence-corrected chi connectivity index (χ4v) is 5.66. The van der Waals surface area contributed by atoms with Crippen LogP contribution in [0, 0.1) is 12.8 Å². The van der Waals surface area contributed by atoms with Gasteiger partial charge < -0.3 is 19.9 Å². The first kappa shape index (κ1) is 24.7. The number of rotatable bonds is 8. The van der Waals surface area contributed by atoms with Crippen molar-refractivity contribution in [2.24, 2.45) is 5.92 Å². The molecule has 2 aliphatic rings. The summed E-state index contributed by atoms with van der Waals surface area (Å²) in [6.45, 7) is 5.37. The van der Waals surface area contributed by atoms with E-state index in [-0.39, 0.29) is 30.1 Å². The van der Waals surface area contributed by atoms with Gasteiger partial charge in [-0.25, -0.2) is 0 Å². The van der Waals surface area contributed by atoms with Crippen molar-refractivity contribution < 1.29 is 19.1 Å². The second-order valence-electron chi connectivity index (χ2n) is 8.90. The number of likely N-dealkylation sites (N-methyl/N-ethyl adjacent to an activating group) is 1. The highest BCUT2D eigenvalue weighted by Crippen LogP contribution is 2.31. The molecule has 7 nitrogen and oxygen atoms in total. The van der Waals surface area contributed by atoms with Crippen molar-refractivity contribution in [3.8, 4) is 0 Å². The molecule has 0 fully saturated rings. The lowest BCUT2D eigenvalue weighted by atomic mass is 9.88. The summed E-state index contributed by atoms with van der Waals surface area (Å²) in [4.78, 5) is 41.7. The van der Waals surface area contributed by atoms with Crippen molar-refractivity contribution in [2.75, 3.05) is 20.2 Å². The standard InChI is InChI=1S/C27H31N3O4S/c1-4-34-26(32)10-9-19-15-20-16-30(13-11-22(20)28-27(19)33)14-12-25(31)29(3)17-24-18(2)21-7-5-6-8-23(21)35-24/h5-8,11-14,19H,4,9-10,15-17H2,1-3H3,(H,28,33)/b14-12+. The number of nitrogens with zero attached hydrogens (tertiary/aromatic N) is 2. The zero-order valence-corrected chi connectivity index (χ0v) is 21.2. The van der Waals surface area contributed by atoms with E-state index in [1.807, 2.05) is 36.4 Å². The second kappa shape index (κ2) is 10.9. The van der Waals surface area contributed by atoms with Crippen LogP contribution in [0.1, 0.15) is 36.6 Å². The fourth-order valence-electron chi connectivity index (χ4n) is 4.39. The maximum atomic E-state index is 12.8. The minimum atomic E-state index is -0.276. The van der Waals surface area contributed by atoms with Crippen molar-refractivity contribution in [2.45, 2.75) is 39.7 Å². The molecule has 2 aliphatic heterocycles. The molecule has 4 rings (SSSR count). The molecule has 1 atom stereocenters. The molecule has 0 saturated carbocycles. The van der Waals surface area contributed by atoms with Gasteiger partial charge in [0, 0.05) is 59.7 Å². The highest BCUT2D eigenvalue weighted by Gasteiger charge is 2.29. The summed E-state index contributed by atoms with van der Waals surface area (Å²) >= 11 is 1.73. The molecular formula is C27H31N3O4S. The van der Waals surface area contributed by atoms with E-state index < -0.39 is 0 Å². The van der Waals surface area contributed by atoms with Crippen LogP contribution in [-0.2, 0) is 25.7 Å².